The molecule has 4 aromatic carbocycles. The maximum Gasteiger partial charge on any atom is 0.174 e. The lowest BCUT2D eigenvalue weighted by Crippen LogP contribution is -2.28. The van der Waals surface area contributed by atoms with Crippen LogP contribution >= 0.6 is 11.6 Å². The van der Waals surface area contributed by atoms with Crippen LogP contribution in [0.1, 0.15) is 22.3 Å². The molecule has 0 aliphatic heterocycles. The van der Waals surface area contributed by atoms with Crippen molar-refractivity contribution >= 4 is 29.1 Å². The van der Waals surface area contributed by atoms with E-state index < -0.39 is 34.4 Å². The van der Waals surface area contributed by atoms with E-state index in [0.29, 0.717) is 16.1 Å². The monoisotopic (exact) mass is 496 g/mol. The topological polar surface area (TPSA) is 92.5 Å². The minimum absolute atomic E-state index is 0.185. The lowest BCUT2D eigenvalue weighted by Gasteiger charge is -2.34. The molecule has 0 unspecified atom stereocenters. The van der Waals surface area contributed by atoms with Crippen molar-refractivity contribution in [1.82, 2.24) is 0 Å². The second kappa shape index (κ2) is 9.27. The fourth-order valence-electron chi connectivity index (χ4n) is 4.02. The summed E-state index contributed by atoms with van der Waals surface area (Å²) < 4.78 is 43.4. The maximum atomic E-state index is 14.7. The molecule has 0 radical (unpaired) electrons. The molecule has 0 aromatic heterocycles. The van der Waals surface area contributed by atoms with Crippen molar-refractivity contribution in [1.29, 1.82) is 0 Å². The van der Waals surface area contributed by atoms with Crippen LogP contribution in [-0.2, 0) is 5.41 Å². The molecular formula is C27H20ClF3N2O2. The number of aromatic hydroxyl groups is 2. The normalized spacial score (nSPS) is 11.8. The molecular weight excluding hydrogens is 477 g/mol. The summed E-state index contributed by atoms with van der Waals surface area (Å²) >= 11 is 6.33. The fourth-order valence-corrected chi connectivity index (χ4v) is 4.22. The van der Waals surface area contributed by atoms with E-state index in [1.165, 1.54) is 36.4 Å². The summed E-state index contributed by atoms with van der Waals surface area (Å²) in [6, 6.07) is 17.0. The Hall–Kier alpha value is -4.10. The molecule has 0 heterocycles. The van der Waals surface area contributed by atoms with Crippen LogP contribution in [0.4, 0.5) is 24.5 Å². The third-order valence-electron chi connectivity index (χ3n) is 5.81. The first-order valence-corrected chi connectivity index (χ1v) is 10.8. The van der Waals surface area contributed by atoms with Gasteiger partial charge in [0.25, 0.3) is 0 Å². The zero-order valence-corrected chi connectivity index (χ0v) is 18.9. The van der Waals surface area contributed by atoms with Gasteiger partial charge in [-0.1, -0.05) is 54.1 Å². The smallest absolute Gasteiger partial charge is 0.174 e. The van der Waals surface area contributed by atoms with E-state index in [2.05, 4.69) is 0 Å². The highest BCUT2D eigenvalue weighted by Gasteiger charge is 2.36. The number of allylic oxidation sites excluding steroid dienone is 1. The zero-order valence-electron chi connectivity index (χ0n) is 18.1. The SMILES string of the molecule is Nc1cc(C(C=Cc2ccccc2Cl)(c2ccc(F)cc2)c2cc(N)c(O)c(F)c2)cc(F)c1O. The molecule has 0 fully saturated rings. The van der Waals surface area contributed by atoms with Crippen LogP contribution < -0.4 is 11.5 Å². The highest BCUT2D eigenvalue weighted by Crippen LogP contribution is 2.45. The van der Waals surface area contributed by atoms with Crippen LogP contribution in [0, 0.1) is 17.5 Å². The van der Waals surface area contributed by atoms with E-state index in [4.69, 9.17) is 23.1 Å². The molecule has 0 atom stereocenters. The third-order valence-corrected chi connectivity index (χ3v) is 6.16. The van der Waals surface area contributed by atoms with Gasteiger partial charge in [0, 0.05) is 5.02 Å². The van der Waals surface area contributed by atoms with Gasteiger partial charge in [0.1, 0.15) is 5.82 Å². The maximum absolute atomic E-state index is 14.7. The van der Waals surface area contributed by atoms with Crippen LogP contribution in [0.25, 0.3) is 6.08 Å². The quantitative estimate of drug-likeness (QED) is 0.146. The fraction of sp³-hybridized carbons (Fsp3) is 0.0370. The van der Waals surface area contributed by atoms with Crippen molar-refractivity contribution < 1.29 is 23.4 Å². The second-order valence-electron chi connectivity index (χ2n) is 7.96. The molecule has 35 heavy (non-hydrogen) atoms. The Bertz CT molecular complexity index is 1340. The lowest BCUT2D eigenvalue weighted by molar-refractivity contribution is 0.433. The molecule has 0 aliphatic rings. The van der Waals surface area contributed by atoms with E-state index in [-0.39, 0.29) is 22.5 Å². The number of hydrogen-bond acceptors (Lipinski definition) is 4. The van der Waals surface area contributed by atoms with Gasteiger partial charge < -0.3 is 21.7 Å². The number of phenols is 2. The van der Waals surface area contributed by atoms with E-state index in [0.717, 1.165) is 12.1 Å². The second-order valence-corrected chi connectivity index (χ2v) is 8.37. The number of anilines is 2. The molecule has 4 aromatic rings. The number of nitrogen functional groups attached to an aromatic ring is 2. The molecule has 6 N–H and O–H groups in total. The number of hydrogen-bond donors (Lipinski definition) is 4. The Morgan fingerprint density at radius 1 is 0.714 bits per heavy atom. The summed E-state index contributed by atoms with van der Waals surface area (Å²) in [5, 5.41) is 20.3. The standard InChI is InChI=1S/C27H20ClF3N2O2/c28-20-4-2-1-3-15(20)9-10-27(16-5-7-19(29)8-6-16,17-11-21(30)25(34)23(32)13-17)18-12-22(31)26(35)24(33)14-18/h1-14,34-35H,32-33H2. The van der Waals surface area contributed by atoms with Crippen molar-refractivity contribution in [2.75, 3.05) is 11.5 Å². The number of rotatable bonds is 5. The number of nitrogens with two attached hydrogens (primary N) is 2. The average Bonchev–Trinajstić information content (AvgIpc) is 2.83. The van der Waals surface area contributed by atoms with Gasteiger partial charge in [0.15, 0.2) is 23.1 Å². The minimum atomic E-state index is -1.50. The van der Waals surface area contributed by atoms with Crippen molar-refractivity contribution in [3.05, 3.63) is 124 Å². The Labute approximate surface area is 204 Å². The largest absolute Gasteiger partial charge is 0.503 e. The molecule has 8 heteroatoms. The number of phenolic OH excluding ortho intramolecular Hbond substituents is 2. The van der Waals surface area contributed by atoms with E-state index in [1.807, 2.05) is 0 Å². The van der Waals surface area contributed by atoms with Gasteiger partial charge in [0.2, 0.25) is 0 Å². The third kappa shape index (κ3) is 4.38. The van der Waals surface area contributed by atoms with Gasteiger partial charge in [-0.3, -0.25) is 0 Å². The highest BCUT2D eigenvalue weighted by molar-refractivity contribution is 6.32. The first kappa shape index (κ1) is 24.0. The van der Waals surface area contributed by atoms with Crippen LogP contribution in [0.2, 0.25) is 5.02 Å². The molecule has 4 rings (SSSR count). The van der Waals surface area contributed by atoms with Gasteiger partial charge >= 0.3 is 0 Å². The Morgan fingerprint density at radius 2 is 1.23 bits per heavy atom. The first-order valence-electron chi connectivity index (χ1n) is 10.4. The van der Waals surface area contributed by atoms with Crippen molar-refractivity contribution in [2.45, 2.75) is 5.41 Å². The van der Waals surface area contributed by atoms with E-state index in [9.17, 15) is 23.4 Å². The van der Waals surface area contributed by atoms with Gasteiger partial charge in [0.05, 0.1) is 16.8 Å². The molecule has 0 saturated carbocycles. The van der Waals surface area contributed by atoms with E-state index in [1.54, 1.807) is 36.4 Å². The first-order chi connectivity index (χ1) is 16.6. The van der Waals surface area contributed by atoms with Gasteiger partial charge in [-0.25, -0.2) is 13.2 Å². The Balaban J connectivity index is 2.14. The summed E-state index contributed by atoms with van der Waals surface area (Å²) in [5.74, 6) is -4.03. The average molecular weight is 497 g/mol. The van der Waals surface area contributed by atoms with Crippen LogP contribution in [0.5, 0.6) is 11.5 Å². The molecule has 0 aliphatic carbocycles. The summed E-state index contributed by atoms with van der Waals surface area (Å²) in [7, 11) is 0. The van der Waals surface area contributed by atoms with Gasteiger partial charge in [-0.15, -0.1) is 0 Å². The summed E-state index contributed by atoms with van der Waals surface area (Å²) in [6.45, 7) is 0. The predicted molar refractivity (Wildman–Crippen MR) is 132 cm³/mol. The summed E-state index contributed by atoms with van der Waals surface area (Å²) in [6.07, 6.45) is 3.27. The van der Waals surface area contributed by atoms with Crippen molar-refractivity contribution in [3.63, 3.8) is 0 Å². The Morgan fingerprint density at radius 3 is 1.71 bits per heavy atom. The highest BCUT2D eigenvalue weighted by atomic mass is 35.5. The molecule has 0 bridgehead atoms. The van der Waals surface area contributed by atoms with Gasteiger partial charge in [-0.2, -0.15) is 0 Å². The van der Waals surface area contributed by atoms with Crippen LogP contribution in [0.3, 0.4) is 0 Å². The van der Waals surface area contributed by atoms with Crippen molar-refractivity contribution in [3.8, 4) is 11.5 Å². The molecule has 0 amide bonds. The predicted octanol–water partition coefficient (Wildman–Crippen LogP) is 6.38. The zero-order chi connectivity index (χ0) is 25.3. The minimum Gasteiger partial charge on any atom is -0.503 e. The van der Waals surface area contributed by atoms with Gasteiger partial charge in [-0.05, 0) is 64.7 Å². The number of benzene rings is 4. The Kier molecular flexibility index (Phi) is 6.37. The molecule has 4 nitrogen and oxygen atoms in total. The van der Waals surface area contributed by atoms with E-state index >= 15 is 0 Å². The lowest BCUT2D eigenvalue weighted by atomic mass is 9.68. The van der Waals surface area contributed by atoms with Crippen LogP contribution in [0.15, 0.2) is 78.9 Å². The molecule has 178 valence electrons. The van der Waals surface area contributed by atoms with Crippen LogP contribution in [-0.4, -0.2) is 10.2 Å². The molecule has 0 spiro atoms. The summed E-state index contributed by atoms with van der Waals surface area (Å²) in [5.41, 5.74) is 11.1. The number of halogens is 4. The summed E-state index contributed by atoms with van der Waals surface area (Å²) in [4.78, 5) is 0. The molecule has 0 saturated heterocycles. The van der Waals surface area contributed by atoms with Crippen molar-refractivity contribution in [2.24, 2.45) is 0 Å².